The molecule has 1 aromatic heterocycles. The zero-order valence-electron chi connectivity index (χ0n) is 17.0. The van der Waals surface area contributed by atoms with E-state index in [9.17, 15) is 9.18 Å². The van der Waals surface area contributed by atoms with Gasteiger partial charge in [-0.3, -0.25) is 14.7 Å². The number of carbonyl (C=O) groups is 1. The van der Waals surface area contributed by atoms with Crippen molar-refractivity contribution in [2.45, 2.75) is 32.4 Å². The third-order valence-corrected chi connectivity index (χ3v) is 5.60. The van der Waals surface area contributed by atoms with Crippen LogP contribution in [0.25, 0.3) is 11.0 Å². The lowest BCUT2D eigenvalue weighted by molar-refractivity contribution is -0.122. The van der Waals surface area contributed by atoms with E-state index < -0.39 is 0 Å². The molecule has 0 bridgehead atoms. The van der Waals surface area contributed by atoms with Gasteiger partial charge in [-0.15, -0.1) is 0 Å². The first-order valence-corrected chi connectivity index (χ1v) is 10.2. The van der Waals surface area contributed by atoms with Crippen LogP contribution in [-0.4, -0.2) is 67.5 Å². The van der Waals surface area contributed by atoms with E-state index in [1.54, 1.807) is 13.1 Å². The molecule has 2 N–H and O–H groups in total. The van der Waals surface area contributed by atoms with Gasteiger partial charge in [0.1, 0.15) is 17.2 Å². The lowest BCUT2D eigenvalue weighted by Crippen LogP contribution is -2.54. The van der Waals surface area contributed by atoms with E-state index in [0.717, 1.165) is 61.7 Å². The molecule has 156 valence electrons. The molecule has 0 atom stereocenters. The lowest BCUT2D eigenvalue weighted by atomic mass is 10.1. The maximum Gasteiger partial charge on any atom is 0.234 e. The number of hydrogen-bond donors (Lipinski definition) is 2. The van der Waals surface area contributed by atoms with Crippen LogP contribution < -0.4 is 10.6 Å². The summed E-state index contributed by atoms with van der Waals surface area (Å²) in [5, 5.41) is 7.19. The molecule has 1 aliphatic heterocycles. The minimum atomic E-state index is -0.264. The number of benzene rings is 1. The third-order valence-electron chi connectivity index (χ3n) is 5.60. The normalized spacial score (nSPS) is 18.3. The van der Waals surface area contributed by atoms with Crippen LogP contribution in [0.15, 0.2) is 27.6 Å². The lowest BCUT2D eigenvalue weighted by Gasteiger charge is -2.36. The van der Waals surface area contributed by atoms with Crippen molar-refractivity contribution in [3.63, 3.8) is 0 Å². The van der Waals surface area contributed by atoms with Crippen LogP contribution in [0.1, 0.15) is 24.2 Å². The van der Waals surface area contributed by atoms with E-state index in [-0.39, 0.29) is 11.7 Å². The fraction of sp³-hybridized carbons (Fsp3) is 0.524. The molecule has 2 aliphatic rings. The smallest absolute Gasteiger partial charge is 0.234 e. The van der Waals surface area contributed by atoms with Crippen LogP contribution in [0.3, 0.4) is 0 Å². The van der Waals surface area contributed by atoms with Gasteiger partial charge in [-0.2, -0.15) is 0 Å². The SMILES string of the molecule is CN=C(NCc1oc2ccc(F)cc2c1C)N1CCN(CC(=O)NC2CC2)CC1. The molecule has 1 saturated heterocycles. The highest BCUT2D eigenvalue weighted by Crippen LogP contribution is 2.26. The molecule has 7 nitrogen and oxygen atoms in total. The molecular formula is C21H28FN5O2. The van der Waals surface area contributed by atoms with Crippen molar-refractivity contribution in [3.05, 3.63) is 35.3 Å². The first kappa shape index (κ1) is 19.7. The van der Waals surface area contributed by atoms with Crippen molar-refractivity contribution in [2.24, 2.45) is 4.99 Å². The van der Waals surface area contributed by atoms with Crippen molar-refractivity contribution in [3.8, 4) is 0 Å². The topological polar surface area (TPSA) is 73.1 Å². The summed E-state index contributed by atoms with van der Waals surface area (Å²) in [5.74, 6) is 1.45. The van der Waals surface area contributed by atoms with Gasteiger partial charge in [0.2, 0.25) is 5.91 Å². The molecule has 4 rings (SSSR count). The van der Waals surface area contributed by atoms with Gasteiger partial charge >= 0.3 is 0 Å². The number of hydrogen-bond acceptors (Lipinski definition) is 4. The third kappa shape index (κ3) is 4.70. The molecule has 2 fully saturated rings. The number of piperazine rings is 1. The van der Waals surface area contributed by atoms with Crippen LogP contribution in [0.2, 0.25) is 0 Å². The Balaban J connectivity index is 1.30. The van der Waals surface area contributed by atoms with Gasteiger partial charge in [-0.1, -0.05) is 0 Å². The second-order valence-corrected chi connectivity index (χ2v) is 7.80. The van der Waals surface area contributed by atoms with Crippen LogP contribution >= 0.6 is 0 Å². The molecule has 0 radical (unpaired) electrons. The van der Waals surface area contributed by atoms with E-state index in [4.69, 9.17) is 4.42 Å². The second kappa shape index (κ2) is 8.41. The van der Waals surface area contributed by atoms with Crippen molar-refractivity contribution in [1.29, 1.82) is 0 Å². The van der Waals surface area contributed by atoms with E-state index in [2.05, 4.69) is 25.4 Å². The summed E-state index contributed by atoms with van der Waals surface area (Å²) in [4.78, 5) is 20.7. The second-order valence-electron chi connectivity index (χ2n) is 7.80. The summed E-state index contributed by atoms with van der Waals surface area (Å²) < 4.78 is 19.4. The van der Waals surface area contributed by atoms with Gasteiger partial charge in [-0.05, 0) is 38.0 Å². The molecule has 29 heavy (non-hydrogen) atoms. The molecule has 1 aromatic carbocycles. The van der Waals surface area contributed by atoms with Crippen molar-refractivity contribution in [2.75, 3.05) is 39.8 Å². The minimum Gasteiger partial charge on any atom is -0.459 e. The highest BCUT2D eigenvalue weighted by molar-refractivity contribution is 5.83. The number of nitrogens with one attached hydrogen (secondary N) is 2. The molecule has 2 heterocycles. The molecule has 0 spiro atoms. The van der Waals surface area contributed by atoms with Gasteiger partial charge in [0.05, 0.1) is 13.1 Å². The highest BCUT2D eigenvalue weighted by Gasteiger charge is 2.26. The summed E-state index contributed by atoms with van der Waals surface area (Å²) in [6, 6.07) is 4.98. The molecule has 1 saturated carbocycles. The molecule has 0 unspecified atom stereocenters. The van der Waals surface area contributed by atoms with E-state index in [0.29, 0.717) is 24.7 Å². The standard InChI is InChI=1S/C21H28FN5O2/c1-14-17-11-15(22)3-6-18(17)29-19(14)12-24-21(23-2)27-9-7-26(8-10-27)13-20(28)25-16-4-5-16/h3,6,11,16H,4-5,7-10,12-13H2,1-2H3,(H,23,24)(H,25,28). The number of guanidine groups is 1. The van der Waals surface area contributed by atoms with E-state index in [1.807, 2.05) is 6.92 Å². The van der Waals surface area contributed by atoms with Crippen LogP contribution in [0.5, 0.6) is 0 Å². The summed E-state index contributed by atoms with van der Waals surface area (Å²) >= 11 is 0. The van der Waals surface area contributed by atoms with Crippen LogP contribution in [0.4, 0.5) is 4.39 Å². The van der Waals surface area contributed by atoms with Crippen LogP contribution in [0, 0.1) is 12.7 Å². The fourth-order valence-corrected chi connectivity index (χ4v) is 3.73. The first-order valence-electron chi connectivity index (χ1n) is 10.2. The number of nitrogens with zero attached hydrogens (tertiary/aromatic N) is 3. The average Bonchev–Trinajstić information content (AvgIpc) is 3.47. The number of amides is 1. The Morgan fingerprint density at radius 2 is 2.03 bits per heavy atom. The van der Waals surface area contributed by atoms with Crippen molar-refractivity contribution < 1.29 is 13.6 Å². The Hall–Kier alpha value is -2.61. The number of fused-ring (bicyclic) bond motifs is 1. The predicted octanol–water partition coefficient (Wildman–Crippen LogP) is 1.85. The van der Waals surface area contributed by atoms with Gasteiger partial charge in [0.25, 0.3) is 0 Å². The molecule has 1 amide bonds. The summed E-state index contributed by atoms with van der Waals surface area (Å²) in [5.41, 5.74) is 1.63. The van der Waals surface area contributed by atoms with Crippen LogP contribution in [-0.2, 0) is 11.3 Å². The maximum atomic E-state index is 13.5. The Morgan fingerprint density at radius 1 is 1.28 bits per heavy atom. The van der Waals surface area contributed by atoms with Gasteiger partial charge in [-0.25, -0.2) is 4.39 Å². The Bertz CT molecular complexity index is 913. The minimum absolute atomic E-state index is 0.125. The zero-order valence-corrected chi connectivity index (χ0v) is 17.0. The Kier molecular flexibility index (Phi) is 5.71. The Labute approximate surface area is 169 Å². The fourth-order valence-electron chi connectivity index (χ4n) is 3.73. The van der Waals surface area contributed by atoms with Crippen molar-refractivity contribution in [1.82, 2.24) is 20.4 Å². The molecule has 8 heteroatoms. The summed E-state index contributed by atoms with van der Waals surface area (Å²) in [6.45, 7) is 6.14. The summed E-state index contributed by atoms with van der Waals surface area (Å²) in [7, 11) is 1.76. The number of furan rings is 1. The van der Waals surface area contributed by atoms with Gasteiger partial charge < -0.3 is 20.0 Å². The number of rotatable bonds is 5. The van der Waals surface area contributed by atoms with Crippen molar-refractivity contribution >= 4 is 22.8 Å². The molecular weight excluding hydrogens is 373 g/mol. The quantitative estimate of drug-likeness (QED) is 0.591. The number of halogens is 1. The van der Waals surface area contributed by atoms with E-state index >= 15 is 0 Å². The Morgan fingerprint density at radius 3 is 2.72 bits per heavy atom. The van der Waals surface area contributed by atoms with Gasteiger partial charge in [0.15, 0.2) is 5.96 Å². The van der Waals surface area contributed by atoms with E-state index in [1.165, 1.54) is 12.1 Å². The predicted molar refractivity (Wildman–Crippen MR) is 110 cm³/mol. The van der Waals surface area contributed by atoms with Gasteiger partial charge in [0, 0.05) is 50.2 Å². The molecule has 2 aromatic rings. The maximum absolute atomic E-state index is 13.5. The highest BCUT2D eigenvalue weighted by atomic mass is 19.1. The first-order chi connectivity index (χ1) is 14.0. The number of aliphatic imine (C=N–C) groups is 1. The summed E-state index contributed by atoms with van der Waals surface area (Å²) in [6.07, 6.45) is 2.22. The molecule has 1 aliphatic carbocycles. The number of carbonyl (C=O) groups excluding carboxylic acids is 1. The monoisotopic (exact) mass is 401 g/mol. The largest absolute Gasteiger partial charge is 0.459 e. The zero-order chi connectivity index (χ0) is 20.4. The average molecular weight is 401 g/mol. The number of aryl methyl sites for hydroxylation is 1.